The Bertz CT molecular complexity index is 1360. The molecule has 1 heterocycles. The molecule has 0 spiro atoms. The smallest absolute Gasteiger partial charge is 0.326 e. The van der Waals surface area contributed by atoms with Gasteiger partial charge in [-0.15, -0.1) is 0 Å². The molecule has 0 saturated heterocycles. The predicted octanol–water partition coefficient (Wildman–Crippen LogP) is -2.03. The topological polar surface area (TPSA) is 305 Å². The van der Waals surface area contributed by atoms with Gasteiger partial charge in [-0.2, -0.15) is 0 Å². The number of carboxylic acids is 3. The van der Waals surface area contributed by atoms with E-state index >= 15 is 0 Å². The Morgan fingerprint density at radius 3 is 2.09 bits per heavy atom. The van der Waals surface area contributed by atoms with Gasteiger partial charge in [0.15, 0.2) is 5.96 Å². The van der Waals surface area contributed by atoms with Crippen LogP contribution >= 0.6 is 0 Å². The van der Waals surface area contributed by atoms with E-state index in [4.69, 9.17) is 22.3 Å². The van der Waals surface area contributed by atoms with Crippen molar-refractivity contribution in [2.75, 3.05) is 6.54 Å². The minimum Gasteiger partial charge on any atom is -0.481 e. The number of nitrogens with one attached hydrogen (secondary N) is 4. The van der Waals surface area contributed by atoms with Gasteiger partial charge in [0.2, 0.25) is 17.7 Å². The van der Waals surface area contributed by atoms with Gasteiger partial charge in [-0.1, -0.05) is 18.2 Å². The number of carbonyl (C=O) groups excluding carboxylic acids is 3. The third kappa shape index (κ3) is 11.3. The van der Waals surface area contributed by atoms with Crippen molar-refractivity contribution in [3.63, 3.8) is 0 Å². The van der Waals surface area contributed by atoms with Gasteiger partial charge in [-0.25, -0.2) is 4.79 Å². The number of nitrogens with two attached hydrogens (primary N) is 3. The lowest BCUT2D eigenvalue weighted by Gasteiger charge is -2.25. The summed E-state index contributed by atoms with van der Waals surface area (Å²) in [5, 5.41) is 35.6. The number of carboxylic acid groups (broad SMARTS) is 3. The molecule has 2 aromatic rings. The first-order valence-corrected chi connectivity index (χ1v) is 13.2. The van der Waals surface area contributed by atoms with E-state index in [1.54, 1.807) is 30.5 Å². The highest BCUT2D eigenvalue weighted by atomic mass is 16.4. The van der Waals surface area contributed by atoms with Crippen molar-refractivity contribution >= 4 is 52.5 Å². The molecule has 1 aromatic carbocycles. The predicted molar refractivity (Wildman–Crippen MR) is 152 cm³/mol. The number of rotatable bonds is 18. The Morgan fingerprint density at radius 2 is 1.47 bits per heavy atom. The molecule has 4 unspecified atom stereocenters. The molecule has 2 rings (SSSR count). The monoisotopic (exact) mass is 604 g/mol. The molecule has 0 aliphatic carbocycles. The summed E-state index contributed by atoms with van der Waals surface area (Å²) in [4.78, 5) is 80.0. The Hall–Kier alpha value is -5.19. The Kier molecular flexibility index (Phi) is 12.9. The van der Waals surface area contributed by atoms with Crippen molar-refractivity contribution in [3.8, 4) is 0 Å². The molecule has 0 fully saturated rings. The molecule has 1 aromatic heterocycles. The van der Waals surface area contributed by atoms with Gasteiger partial charge in [-0.05, 0) is 30.9 Å². The van der Waals surface area contributed by atoms with Gasteiger partial charge in [0.05, 0.1) is 12.5 Å². The molecule has 3 amide bonds. The summed E-state index contributed by atoms with van der Waals surface area (Å²) in [6.07, 6.45) is -0.0472. The van der Waals surface area contributed by atoms with Crippen LogP contribution < -0.4 is 33.2 Å². The summed E-state index contributed by atoms with van der Waals surface area (Å²) in [5.41, 5.74) is 17.5. The summed E-state index contributed by atoms with van der Waals surface area (Å²) in [6.45, 7) is 0.0976. The van der Waals surface area contributed by atoms with Crippen LogP contribution in [0, 0.1) is 0 Å². The zero-order valence-corrected chi connectivity index (χ0v) is 23.1. The fraction of sp³-hybridized carbons (Fsp3) is 0.423. The van der Waals surface area contributed by atoms with Gasteiger partial charge in [-0.3, -0.25) is 29.0 Å². The van der Waals surface area contributed by atoms with Gasteiger partial charge < -0.3 is 53.5 Å². The first kappa shape index (κ1) is 34.0. The number of fused-ring (bicyclic) bond motifs is 1. The molecule has 13 N–H and O–H groups in total. The maximum absolute atomic E-state index is 13.5. The standard InChI is InChI=1S/C26H36N8O9/c27-15(11-21(37)38)22(39)34-19(10-13-12-31-16-5-2-1-4-14(13)16)24(41)32-17(7-8-20(35)36)23(40)33-18(25(42)43)6-3-9-30-26(28)29/h1-2,4-5,12,15,17-19,31H,3,6-11,27H2,(H,32,41)(H,33,40)(H,34,39)(H,35,36)(H,37,38)(H,42,43)(H4,28,29,30). The van der Waals surface area contributed by atoms with Crippen LogP contribution in [0.5, 0.6) is 0 Å². The molecule has 0 radical (unpaired) electrons. The fourth-order valence-corrected chi connectivity index (χ4v) is 4.13. The first-order chi connectivity index (χ1) is 20.3. The summed E-state index contributed by atoms with van der Waals surface area (Å²) in [7, 11) is 0. The van der Waals surface area contributed by atoms with Crippen molar-refractivity contribution < 1.29 is 44.1 Å². The summed E-state index contributed by atoms with van der Waals surface area (Å²) in [6, 6.07) is 1.35. The molecular weight excluding hydrogens is 568 g/mol. The third-order valence-corrected chi connectivity index (χ3v) is 6.30. The SMILES string of the molecule is NC(N)=NCCCC(NC(=O)C(CCC(=O)O)NC(=O)C(Cc1c[nH]c2ccccc12)NC(=O)C(N)CC(=O)O)C(=O)O. The molecule has 0 aliphatic rings. The molecule has 0 aliphatic heterocycles. The van der Waals surface area contributed by atoms with Crippen molar-refractivity contribution in [2.45, 2.75) is 62.7 Å². The van der Waals surface area contributed by atoms with E-state index in [1.165, 1.54) is 0 Å². The number of H-pyrrole nitrogens is 1. The molecule has 17 heteroatoms. The molecule has 17 nitrogen and oxygen atoms in total. The molecular formula is C26H36N8O9. The van der Waals surface area contributed by atoms with E-state index in [9.17, 15) is 39.0 Å². The van der Waals surface area contributed by atoms with E-state index in [1.807, 2.05) is 0 Å². The minimum atomic E-state index is -1.50. The van der Waals surface area contributed by atoms with E-state index in [0.717, 1.165) is 10.9 Å². The van der Waals surface area contributed by atoms with Gasteiger partial charge >= 0.3 is 17.9 Å². The second kappa shape index (κ2) is 16.3. The maximum atomic E-state index is 13.5. The number of nitrogens with zero attached hydrogens (tertiary/aromatic N) is 1. The van der Waals surface area contributed by atoms with Crippen LogP contribution in [-0.4, -0.2) is 92.6 Å². The van der Waals surface area contributed by atoms with E-state index in [-0.39, 0.29) is 31.8 Å². The number of aliphatic carboxylic acids is 3. The summed E-state index contributed by atoms with van der Waals surface area (Å²) >= 11 is 0. The van der Waals surface area contributed by atoms with Crippen LogP contribution in [0.2, 0.25) is 0 Å². The second-order valence-electron chi connectivity index (χ2n) is 9.67. The minimum absolute atomic E-state index is 0.0713. The van der Waals surface area contributed by atoms with Gasteiger partial charge in [0, 0.05) is 36.5 Å². The number of hydrogen-bond donors (Lipinski definition) is 10. The van der Waals surface area contributed by atoms with Crippen molar-refractivity contribution in [3.05, 3.63) is 36.0 Å². The number of guanidine groups is 1. The Morgan fingerprint density at radius 1 is 0.837 bits per heavy atom. The molecule has 4 atom stereocenters. The Labute approximate surface area is 245 Å². The average Bonchev–Trinajstić information content (AvgIpc) is 3.33. The van der Waals surface area contributed by atoms with Crippen LogP contribution in [0.4, 0.5) is 0 Å². The fourth-order valence-electron chi connectivity index (χ4n) is 4.13. The number of benzene rings is 1. The highest BCUT2D eigenvalue weighted by Crippen LogP contribution is 2.19. The summed E-state index contributed by atoms with van der Waals surface area (Å²) < 4.78 is 0. The zero-order valence-electron chi connectivity index (χ0n) is 23.1. The molecule has 0 bridgehead atoms. The lowest BCUT2D eigenvalue weighted by atomic mass is 10.0. The number of aromatic nitrogens is 1. The number of aliphatic imine (C=N–C) groups is 1. The van der Waals surface area contributed by atoms with E-state index in [0.29, 0.717) is 5.56 Å². The summed E-state index contributed by atoms with van der Waals surface area (Å²) in [5.74, 6) is -7.00. The lowest BCUT2D eigenvalue weighted by molar-refractivity contribution is -0.143. The van der Waals surface area contributed by atoms with Crippen molar-refractivity contribution in [2.24, 2.45) is 22.2 Å². The van der Waals surface area contributed by atoms with Crippen molar-refractivity contribution in [1.82, 2.24) is 20.9 Å². The van der Waals surface area contributed by atoms with Crippen LogP contribution in [0.25, 0.3) is 10.9 Å². The number of carbonyl (C=O) groups is 6. The second-order valence-corrected chi connectivity index (χ2v) is 9.67. The van der Waals surface area contributed by atoms with Crippen LogP contribution in [0.3, 0.4) is 0 Å². The number of hydrogen-bond acceptors (Lipinski definition) is 8. The molecule has 43 heavy (non-hydrogen) atoms. The molecule has 234 valence electrons. The highest BCUT2D eigenvalue weighted by Gasteiger charge is 2.31. The van der Waals surface area contributed by atoms with Crippen LogP contribution in [-0.2, 0) is 35.2 Å². The van der Waals surface area contributed by atoms with Crippen molar-refractivity contribution in [1.29, 1.82) is 0 Å². The average molecular weight is 605 g/mol. The van der Waals surface area contributed by atoms with E-state index in [2.05, 4.69) is 25.9 Å². The van der Waals surface area contributed by atoms with Gasteiger partial charge in [0.25, 0.3) is 0 Å². The normalized spacial score (nSPS) is 13.6. The zero-order chi connectivity index (χ0) is 32.1. The quantitative estimate of drug-likeness (QED) is 0.0500. The van der Waals surface area contributed by atoms with Gasteiger partial charge in [0.1, 0.15) is 18.1 Å². The van der Waals surface area contributed by atoms with Crippen LogP contribution in [0.1, 0.15) is 37.7 Å². The maximum Gasteiger partial charge on any atom is 0.326 e. The van der Waals surface area contributed by atoms with Crippen LogP contribution in [0.15, 0.2) is 35.5 Å². The number of amides is 3. The Balaban J connectivity index is 2.28. The number of para-hydroxylation sites is 1. The molecule has 0 saturated carbocycles. The number of aromatic amines is 1. The highest BCUT2D eigenvalue weighted by molar-refractivity contribution is 5.95. The lowest BCUT2D eigenvalue weighted by Crippen LogP contribution is -2.57. The van der Waals surface area contributed by atoms with E-state index < -0.39 is 79.1 Å². The largest absolute Gasteiger partial charge is 0.481 e. The third-order valence-electron chi connectivity index (χ3n) is 6.30. The first-order valence-electron chi connectivity index (χ1n) is 13.2.